The van der Waals surface area contributed by atoms with E-state index in [0.717, 1.165) is 0 Å². The van der Waals surface area contributed by atoms with Crippen LogP contribution in [0, 0.1) is 5.82 Å². The summed E-state index contributed by atoms with van der Waals surface area (Å²) in [6, 6.07) is 6.05. The molecule has 2 unspecified atom stereocenters. The predicted octanol–water partition coefficient (Wildman–Crippen LogP) is 1.39. The molecule has 2 aromatic rings. The molecule has 7 heteroatoms. The van der Waals surface area contributed by atoms with E-state index in [-0.39, 0.29) is 6.54 Å². The Bertz CT molecular complexity index is 655. The highest BCUT2D eigenvalue weighted by atomic mass is 19.1. The van der Waals surface area contributed by atoms with Gasteiger partial charge in [0.1, 0.15) is 18.1 Å². The highest BCUT2D eigenvalue weighted by molar-refractivity contribution is 5.97. The molecule has 0 saturated heterocycles. The van der Waals surface area contributed by atoms with Crippen LogP contribution >= 0.6 is 0 Å². The Morgan fingerprint density at radius 3 is 2.57 bits per heavy atom. The fourth-order valence-corrected chi connectivity index (χ4v) is 1.89. The summed E-state index contributed by atoms with van der Waals surface area (Å²) in [5, 5.41) is 15.0. The molecule has 122 valence electrons. The number of nitrogens with one attached hydrogen (secondary N) is 2. The van der Waals surface area contributed by atoms with Crippen molar-refractivity contribution < 1.29 is 23.5 Å². The second-order valence-corrected chi connectivity index (χ2v) is 5.02. The molecular weight excluding hydrogens is 303 g/mol. The number of aliphatic hydroxyl groups excluding tert-OH is 1. The van der Waals surface area contributed by atoms with Gasteiger partial charge in [0.2, 0.25) is 5.91 Å². The molecule has 0 aliphatic heterocycles. The molecule has 1 heterocycles. The zero-order chi connectivity index (χ0) is 16.8. The molecule has 0 radical (unpaired) electrons. The maximum atomic E-state index is 12.8. The number of halogens is 1. The first-order valence-corrected chi connectivity index (χ1v) is 7.01. The maximum Gasteiger partial charge on any atom is 0.255 e. The summed E-state index contributed by atoms with van der Waals surface area (Å²) in [5.74, 6) is -1.27. The Kier molecular flexibility index (Phi) is 5.48. The molecule has 0 bridgehead atoms. The summed E-state index contributed by atoms with van der Waals surface area (Å²) < 4.78 is 17.6. The average molecular weight is 320 g/mol. The first kappa shape index (κ1) is 16.7. The molecule has 23 heavy (non-hydrogen) atoms. The van der Waals surface area contributed by atoms with Gasteiger partial charge >= 0.3 is 0 Å². The van der Waals surface area contributed by atoms with Gasteiger partial charge in [-0.05, 0) is 30.7 Å². The van der Waals surface area contributed by atoms with Crippen LogP contribution in [-0.4, -0.2) is 29.5 Å². The molecule has 0 saturated carbocycles. The van der Waals surface area contributed by atoms with Crippen molar-refractivity contribution in [1.82, 2.24) is 10.6 Å². The predicted molar refractivity (Wildman–Crippen MR) is 80.0 cm³/mol. The number of carbonyl (C=O) groups is 2. The first-order chi connectivity index (χ1) is 11.0. The number of carbonyl (C=O) groups excluding carboxylic acids is 2. The van der Waals surface area contributed by atoms with Crippen LogP contribution in [0.25, 0.3) is 0 Å². The number of aliphatic hydroxyl groups is 1. The van der Waals surface area contributed by atoms with Gasteiger partial charge in [-0.2, -0.15) is 0 Å². The summed E-state index contributed by atoms with van der Waals surface area (Å²) in [4.78, 5) is 23.7. The third-order valence-electron chi connectivity index (χ3n) is 3.25. The molecule has 3 N–H and O–H groups in total. The molecule has 2 amide bonds. The molecule has 1 aromatic carbocycles. The van der Waals surface area contributed by atoms with Gasteiger partial charge in [-0.3, -0.25) is 9.59 Å². The fourth-order valence-electron chi connectivity index (χ4n) is 1.89. The van der Waals surface area contributed by atoms with Crippen LogP contribution in [0.4, 0.5) is 4.39 Å². The maximum absolute atomic E-state index is 12.8. The Labute approximate surface area is 132 Å². The van der Waals surface area contributed by atoms with Crippen molar-refractivity contribution in [1.29, 1.82) is 0 Å². The van der Waals surface area contributed by atoms with Gasteiger partial charge in [0, 0.05) is 6.54 Å². The lowest BCUT2D eigenvalue weighted by atomic mass is 10.1. The highest BCUT2D eigenvalue weighted by Crippen LogP contribution is 2.12. The lowest BCUT2D eigenvalue weighted by molar-refractivity contribution is -0.123. The highest BCUT2D eigenvalue weighted by Gasteiger charge is 2.18. The van der Waals surface area contributed by atoms with Crippen LogP contribution in [0.3, 0.4) is 0 Å². The summed E-state index contributed by atoms with van der Waals surface area (Å²) in [6.45, 7) is 1.48. The Morgan fingerprint density at radius 2 is 1.96 bits per heavy atom. The molecule has 2 rings (SSSR count). The second kappa shape index (κ2) is 7.55. The van der Waals surface area contributed by atoms with E-state index < -0.39 is 29.8 Å². The van der Waals surface area contributed by atoms with Gasteiger partial charge in [0.15, 0.2) is 0 Å². The van der Waals surface area contributed by atoms with Crippen LogP contribution in [0.15, 0.2) is 47.3 Å². The minimum absolute atomic E-state index is 0.0453. The number of hydrogen-bond donors (Lipinski definition) is 3. The lowest BCUT2D eigenvalue weighted by Gasteiger charge is -2.16. The summed E-state index contributed by atoms with van der Waals surface area (Å²) >= 11 is 0. The Hall–Kier alpha value is -2.67. The largest absolute Gasteiger partial charge is 0.472 e. The zero-order valence-corrected chi connectivity index (χ0v) is 12.5. The topological polar surface area (TPSA) is 91.6 Å². The van der Waals surface area contributed by atoms with Crippen LogP contribution < -0.4 is 10.6 Å². The Balaban J connectivity index is 1.81. The van der Waals surface area contributed by atoms with E-state index in [4.69, 9.17) is 4.42 Å². The number of furan rings is 1. The van der Waals surface area contributed by atoms with Crippen LogP contribution in [0.2, 0.25) is 0 Å². The van der Waals surface area contributed by atoms with E-state index >= 15 is 0 Å². The van der Waals surface area contributed by atoms with E-state index in [1.165, 1.54) is 49.8 Å². The zero-order valence-electron chi connectivity index (χ0n) is 12.5. The summed E-state index contributed by atoms with van der Waals surface area (Å²) in [5.41, 5.74) is 0.804. The van der Waals surface area contributed by atoms with Crippen LogP contribution in [-0.2, 0) is 4.79 Å². The molecule has 6 nitrogen and oxygen atoms in total. The molecular formula is C16H17FN2O4. The third-order valence-corrected chi connectivity index (χ3v) is 3.25. The van der Waals surface area contributed by atoms with Gasteiger partial charge in [-0.1, -0.05) is 12.1 Å². The van der Waals surface area contributed by atoms with E-state index in [1.54, 1.807) is 0 Å². The minimum Gasteiger partial charge on any atom is -0.472 e. The Morgan fingerprint density at radius 1 is 1.26 bits per heavy atom. The molecule has 0 spiro atoms. The van der Waals surface area contributed by atoms with Gasteiger partial charge in [-0.15, -0.1) is 0 Å². The van der Waals surface area contributed by atoms with Gasteiger partial charge in [-0.25, -0.2) is 4.39 Å². The monoisotopic (exact) mass is 320 g/mol. The van der Waals surface area contributed by atoms with Crippen molar-refractivity contribution in [3.8, 4) is 0 Å². The minimum atomic E-state index is -0.962. The molecule has 2 atom stereocenters. The number of benzene rings is 1. The van der Waals surface area contributed by atoms with Crippen molar-refractivity contribution in [3.05, 3.63) is 59.8 Å². The molecule has 1 aromatic heterocycles. The normalized spacial score (nSPS) is 13.2. The van der Waals surface area contributed by atoms with E-state index in [9.17, 15) is 19.1 Å². The van der Waals surface area contributed by atoms with Gasteiger partial charge in [0.05, 0.1) is 17.9 Å². The van der Waals surface area contributed by atoms with Crippen molar-refractivity contribution in [2.24, 2.45) is 0 Å². The number of hydrogen-bond acceptors (Lipinski definition) is 4. The van der Waals surface area contributed by atoms with Crippen molar-refractivity contribution in [2.75, 3.05) is 6.54 Å². The van der Waals surface area contributed by atoms with Crippen LogP contribution in [0.5, 0.6) is 0 Å². The van der Waals surface area contributed by atoms with Crippen LogP contribution in [0.1, 0.15) is 28.9 Å². The second-order valence-electron chi connectivity index (χ2n) is 5.02. The molecule has 0 fully saturated rings. The van der Waals surface area contributed by atoms with Gasteiger partial charge in [0.25, 0.3) is 5.91 Å². The van der Waals surface area contributed by atoms with E-state index in [1.807, 2.05) is 0 Å². The lowest BCUT2D eigenvalue weighted by Crippen LogP contribution is -2.45. The van der Waals surface area contributed by atoms with Crippen molar-refractivity contribution >= 4 is 11.8 Å². The molecule has 0 aliphatic carbocycles. The smallest absolute Gasteiger partial charge is 0.255 e. The fraction of sp³-hybridized carbons (Fsp3) is 0.250. The SMILES string of the molecule is CC(NC(=O)c1ccoc1)C(=O)NCC(O)c1ccc(F)cc1. The summed E-state index contributed by atoms with van der Waals surface area (Å²) in [7, 11) is 0. The molecule has 0 aliphatic rings. The first-order valence-electron chi connectivity index (χ1n) is 7.01. The van der Waals surface area contributed by atoms with E-state index in [0.29, 0.717) is 11.1 Å². The number of amides is 2. The standard InChI is InChI=1S/C16H17FN2O4/c1-10(19-16(22)12-6-7-23-9-12)15(21)18-8-14(20)11-2-4-13(17)5-3-11/h2-7,9-10,14,20H,8H2,1H3,(H,18,21)(H,19,22). The van der Waals surface area contributed by atoms with E-state index in [2.05, 4.69) is 10.6 Å². The van der Waals surface area contributed by atoms with Crippen molar-refractivity contribution in [3.63, 3.8) is 0 Å². The van der Waals surface area contributed by atoms with Gasteiger partial charge < -0.3 is 20.2 Å². The number of rotatable bonds is 6. The summed E-state index contributed by atoms with van der Waals surface area (Å²) in [6.07, 6.45) is 1.67. The van der Waals surface area contributed by atoms with Crippen molar-refractivity contribution in [2.45, 2.75) is 19.1 Å². The average Bonchev–Trinajstić information content (AvgIpc) is 3.07. The third kappa shape index (κ3) is 4.65. The quantitative estimate of drug-likeness (QED) is 0.750.